The average molecular weight is 286 g/mol. The molecule has 4 nitrogen and oxygen atoms in total. The van der Waals surface area contributed by atoms with Gasteiger partial charge in [0.2, 0.25) is 0 Å². The number of carbonyl (C=O) groups excluding carboxylic acids is 1. The minimum Gasteiger partial charge on any atom is -0.508 e. The van der Waals surface area contributed by atoms with Gasteiger partial charge in [0.05, 0.1) is 12.2 Å². The van der Waals surface area contributed by atoms with E-state index in [1.807, 2.05) is 29.4 Å². The van der Waals surface area contributed by atoms with Crippen LogP contribution in [0.4, 0.5) is 0 Å². The number of phenols is 1. The van der Waals surface area contributed by atoms with Gasteiger partial charge in [-0.3, -0.25) is 4.79 Å². The van der Waals surface area contributed by atoms with Crippen LogP contribution in [0.5, 0.6) is 5.75 Å². The number of fused-ring (bicyclic) bond motifs is 1. The lowest BCUT2D eigenvalue weighted by Crippen LogP contribution is -2.31. The highest BCUT2D eigenvalue weighted by Crippen LogP contribution is 2.37. The molecule has 0 bridgehead atoms. The predicted octanol–water partition coefficient (Wildman–Crippen LogP) is 2.97. The molecule has 0 saturated carbocycles. The number of amidine groups is 1. The second-order valence-corrected chi connectivity index (χ2v) is 5.61. The SMILES string of the molecule is CC(=O)C1=C(C)N=C2SC=C(c3ccc(O)cc3)N2C1. The third kappa shape index (κ3) is 2.14. The minimum atomic E-state index is 0.0623. The Hall–Kier alpha value is -2.01. The van der Waals surface area contributed by atoms with E-state index in [0.29, 0.717) is 6.54 Å². The molecule has 2 aliphatic heterocycles. The molecule has 5 heteroatoms. The fraction of sp³-hybridized carbons (Fsp3) is 0.200. The maximum absolute atomic E-state index is 11.7. The van der Waals surface area contributed by atoms with Gasteiger partial charge in [0, 0.05) is 16.7 Å². The predicted molar refractivity (Wildman–Crippen MR) is 81.2 cm³/mol. The molecule has 102 valence electrons. The van der Waals surface area contributed by atoms with Gasteiger partial charge in [-0.05, 0) is 43.7 Å². The van der Waals surface area contributed by atoms with E-state index < -0.39 is 0 Å². The topological polar surface area (TPSA) is 52.9 Å². The third-order valence-corrected chi connectivity index (χ3v) is 4.27. The standard InChI is InChI=1S/C15H14N2O2S/c1-9-13(10(2)18)7-17-14(8-20-15(17)16-9)11-3-5-12(19)6-4-11/h3-6,8,19H,7H2,1-2H3. The molecule has 0 aromatic heterocycles. The first-order chi connectivity index (χ1) is 9.56. The Morgan fingerprint density at radius 3 is 2.70 bits per heavy atom. The van der Waals surface area contributed by atoms with E-state index in [4.69, 9.17) is 0 Å². The van der Waals surface area contributed by atoms with E-state index >= 15 is 0 Å². The number of phenolic OH excluding ortho intramolecular Hbond substituents is 1. The van der Waals surface area contributed by atoms with Crippen molar-refractivity contribution in [2.75, 3.05) is 6.54 Å². The highest BCUT2D eigenvalue weighted by atomic mass is 32.2. The summed E-state index contributed by atoms with van der Waals surface area (Å²) in [5.74, 6) is 0.306. The molecular formula is C15H14N2O2S. The summed E-state index contributed by atoms with van der Waals surface area (Å²) in [6.07, 6.45) is 0. The Balaban J connectivity index is 1.94. The van der Waals surface area contributed by atoms with Crippen molar-refractivity contribution < 1.29 is 9.90 Å². The van der Waals surface area contributed by atoms with Crippen LogP contribution in [-0.2, 0) is 4.79 Å². The Kier molecular flexibility index (Phi) is 3.14. The summed E-state index contributed by atoms with van der Waals surface area (Å²) in [5, 5.41) is 12.3. The average Bonchev–Trinajstić information content (AvgIpc) is 2.81. The van der Waals surface area contributed by atoms with Gasteiger partial charge in [0.1, 0.15) is 5.75 Å². The number of nitrogens with zero attached hydrogens (tertiary/aromatic N) is 2. The molecule has 0 fully saturated rings. The van der Waals surface area contributed by atoms with Crippen LogP contribution in [0.15, 0.2) is 45.9 Å². The first kappa shape index (κ1) is 13.0. The van der Waals surface area contributed by atoms with Crippen molar-refractivity contribution in [1.29, 1.82) is 0 Å². The van der Waals surface area contributed by atoms with Crippen LogP contribution in [0.3, 0.4) is 0 Å². The van der Waals surface area contributed by atoms with Crippen molar-refractivity contribution in [2.24, 2.45) is 4.99 Å². The number of aliphatic imine (C=N–C) groups is 1. The fourth-order valence-corrected chi connectivity index (χ4v) is 3.24. The normalized spacial score (nSPS) is 17.8. The highest BCUT2D eigenvalue weighted by molar-refractivity contribution is 8.16. The van der Waals surface area contributed by atoms with Crippen LogP contribution in [0.1, 0.15) is 19.4 Å². The summed E-state index contributed by atoms with van der Waals surface area (Å²) < 4.78 is 0. The number of thioether (sulfide) groups is 1. The molecule has 1 aromatic rings. The van der Waals surface area contributed by atoms with Gasteiger partial charge in [-0.25, -0.2) is 4.99 Å². The molecule has 2 heterocycles. The number of benzene rings is 1. The molecule has 0 atom stereocenters. The van der Waals surface area contributed by atoms with Crippen LogP contribution in [0.2, 0.25) is 0 Å². The van der Waals surface area contributed by atoms with Gasteiger partial charge >= 0.3 is 0 Å². The number of aromatic hydroxyl groups is 1. The summed E-state index contributed by atoms with van der Waals surface area (Å²) in [5.41, 5.74) is 3.57. The molecular weight excluding hydrogens is 272 g/mol. The maximum atomic E-state index is 11.7. The van der Waals surface area contributed by atoms with Crippen molar-refractivity contribution >= 4 is 28.4 Å². The highest BCUT2D eigenvalue weighted by Gasteiger charge is 2.29. The van der Waals surface area contributed by atoms with E-state index in [1.54, 1.807) is 30.8 Å². The van der Waals surface area contributed by atoms with Crippen LogP contribution in [-0.4, -0.2) is 27.5 Å². The number of rotatable bonds is 2. The quantitative estimate of drug-likeness (QED) is 0.908. The Bertz CT molecular complexity index is 672. The number of hydrogen-bond acceptors (Lipinski definition) is 5. The number of carbonyl (C=O) groups is 1. The lowest BCUT2D eigenvalue weighted by atomic mass is 10.1. The van der Waals surface area contributed by atoms with Gasteiger partial charge in [0.25, 0.3) is 0 Å². The molecule has 0 unspecified atom stereocenters. The Labute approximate surface area is 121 Å². The maximum Gasteiger partial charge on any atom is 0.173 e. The second-order valence-electron chi connectivity index (χ2n) is 4.77. The molecule has 3 rings (SSSR count). The molecule has 0 spiro atoms. The van der Waals surface area contributed by atoms with E-state index in [9.17, 15) is 9.90 Å². The summed E-state index contributed by atoms with van der Waals surface area (Å²) in [6, 6.07) is 7.05. The lowest BCUT2D eigenvalue weighted by molar-refractivity contribution is -0.113. The Morgan fingerprint density at radius 1 is 1.35 bits per heavy atom. The van der Waals surface area contributed by atoms with Crippen LogP contribution in [0.25, 0.3) is 5.70 Å². The number of Topliss-reactive ketones (excluding diaryl/α,β-unsaturated/α-hetero) is 1. The van der Waals surface area contributed by atoms with E-state index in [1.165, 1.54) is 0 Å². The van der Waals surface area contributed by atoms with Gasteiger partial charge in [-0.1, -0.05) is 11.8 Å². The number of allylic oxidation sites excluding steroid dienone is 1. The van der Waals surface area contributed by atoms with E-state index in [2.05, 4.69) is 4.99 Å². The molecule has 0 aliphatic carbocycles. The van der Waals surface area contributed by atoms with E-state index in [0.717, 1.165) is 27.7 Å². The van der Waals surface area contributed by atoms with Gasteiger partial charge in [-0.2, -0.15) is 0 Å². The molecule has 0 saturated heterocycles. The minimum absolute atomic E-state index is 0.0623. The first-order valence-electron chi connectivity index (χ1n) is 6.29. The monoisotopic (exact) mass is 286 g/mol. The van der Waals surface area contributed by atoms with Crippen molar-refractivity contribution in [3.63, 3.8) is 0 Å². The van der Waals surface area contributed by atoms with Crippen LogP contribution >= 0.6 is 11.8 Å². The fourth-order valence-electron chi connectivity index (χ4n) is 2.28. The lowest BCUT2D eigenvalue weighted by Gasteiger charge is -2.27. The van der Waals surface area contributed by atoms with Gasteiger partial charge in [0.15, 0.2) is 11.0 Å². The molecule has 1 aromatic carbocycles. The van der Waals surface area contributed by atoms with Crippen LogP contribution < -0.4 is 0 Å². The number of ketones is 1. The molecule has 1 N–H and O–H groups in total. The van der Waals surface area contributed by atoms with Crippen molar-refractivity contribution in [3.05, 3.63) is 46.5 Å². The van der Waals surface area contributed by atoms with E-state index in [-0.39, 0.29) is 11.5 Å². The van der Waals surface area contributed by atoms with Crippen LogP contribution in [0, 0.1) is 0 Å². The van der Waals surface area contributed by atoms with Crippen molar-refractivity contribution in [2.45, 2.75) is 13.8 Å². The second kappa shape index (κ2) is 4.83. The molecule has 2 aliphatic rings. The molecule has 0 amide bonds. The van der Waals surface area contributed by atoms with Crippen molar-refractivity contribution in [1.82, 2.24) is 4.90 Å². The van der Waals surface area contributed by atoms with Gasteiger partial charge in [-0.15, -0.1) is 0 Å². The van der Waals surface area contributed by atoms with Gasteiger partial charge < -0.3 is 10.0 Å². The zero-order valence-corrected chi connectivity index (χ0v) is 12.1. The summed E-state index contributed by atoms with van der Waals surface area (Å²) in [6.45, 7) is 4.01. The number of hydrogen-bond donors (Lipinski definition) is 1. The molecule has 0 radical (unpaired) electrons. The smallest absolute Gasteiger partial charge is 0.173 e. The van der Waals surface area contributed by atoms with Crippen molar-refractivity contribution in [3.8, 4) is 5.75 Å². The zero-order valence-electron chi connectivity index (χ0n) is 11.3. The summed E-state index contributed by atoms with van der Waals surface area (Å²) >= 11 is 1.56. The zero-order chi connectivity index (χ0) is 14.3. The molecule has 20 heavy (non-hydrogen) atoms. The summed E-state index contributed by atoms with van der Waals surface area (Å²) in [7, 11) is 0. The largest absolute Gasteiger partial charge is 0.508 e. The third-order valence-electron chi connectivity index (χ3n) is 3.40. The summed E-state index contributed by atoms with van der Waals surface area (Å²) in [4.78, 5) is 18.2. The first-order valence-corrected chi connectivity index (χ1v) is 7.17. The Morgan fingerprint density at radius 2 is 2.05 bits per heavy atom.